The van der Waals surface area contributed by atoms with Gasteiger partial charge < -0.3 is 90.9 Å². The van der Waals surface area contributed by atoms with Crippen LogP contribution in [0.4, 0.5) is 5.69 Å². The number of para-hydroxylation sites is 1. The Morgan fingerprint density at radius 3 is 1.69 bits per heavy atom. The highest BCUT2D eigenvalue weighted by Gasteiger charge is 2.32. The van der Waals surface area contributed by atoms with Crippen molar-refractivity contribution in [1.82, 2.24) is 37.2 Å². The number of hydrogen-bond donors (Lipinski definition) is 12. The molecule has 3 unspecified atom stereocenters. The van der Waals surface area contributed by atoms with E-state index in [0.717, 1.165) is 32.2 Å². The van der Waals surface area contributed by atoms with Gasteiger partial charge in [0.05, 0.1) is 83.8 Å². The number of fused-ring (bicyclic) bond motifs is 2. The molecule has 6 atom stereocenters. The number of carbonyl (C=O) groups is 12. The number of benzene rings is 3. The van der Waals surface area contributed by atoms with Crippen LogP contribution in [0, 0.1) is 21.3 Å². The number of amides is 8. The number of aryl methyl sites for hydroxylation is 1. The average Bonchev–Trinajstić information content (AvgIpc) is 0.803. The number of ether oxygens (including phenoxy) is 4. The maximum atomic E-state index is 13.7. The quantitative estimate of drug-likeness (QED) is 0.0151. The molecule has 31 nitrogen and oxygen atoms in total. The molecule has 3 aromatic rings. The van der Waals surface area contributed by atoms with E-state index in [4.69, 9.17) is 28.6 Å². The highest BCUT2D eigenvalue weighted by Crippen LogP contribution is 2.45. The molecule has 0 spiro atoms. The Morgan fingerprint density at radius 1 is 0.481 bits per heavy atom. The van der Waals surface area contributed by atoms with Gasteiger partial charge in [0.15, 0.2) is 0 Å². The number of nitrogens with one attached hydrogen (secondary N) is 7. The molecule has 584 valence electrons. The zero-order chi connectivity index (χ0) is 77.5. The monoisotopic (exact) mass is 1620 g/mol. The number of anilines is 1. The van der Waals surface area contributed by atoms with E-state index in [1.54, 1.807) is 11.8 Å². The zero-order valence-corrected chi connectivity index (χ0v) is 63.0. The van der Waals surface area contributed by atoms with Gasteiger partial charge in [-0.15, -0.1) is 0 Å². The van der Waals surface area contributed by atoms with E-state index in [1.807, 2.05) is 72.8 Å². The number of unbranched alkanes of at least 4 members (excludes halogenated alkanes) is 3. The number of hydrogen-bond acceptors (Lipinski definition) is 18. The van der Waals surface area contributed by atoms with Crippen LogP contribution in [-0.2, 0) is 98.5 Å². The van der Waals surface area contributed by atoms with E-state index >= 15 is 0 Å². The molecule has 0 radical (unpaired) electrons. The Hall–Kier alpha value is -8.42. The number of carbonyl (C=O) groups excluding carboxylic acids is 8. The molecule has 0 fully saturated rings. The fourth-order valence-corrected chi connectivity index (χ4v) is 12.5. The smallest absolute Gasteiger partial charge is 0.328 e. The second-order valence-corrected chi connectivity index (χ2v) is 28.4. The first-order valence-corrected chi connectivity index (χ1v) is 38.5. The second-order valence-electron chi connectivity index (χ2n) is 25.2. The van der Waals surface area contributed by atoms with Gasteiger partial charge in [-0.2, -0.15) is 0 Å². The van der Waals surface area contributed by atoms with E-state index in [-0.39, 0.29) is 167 Å². The number of aliphatic carboxylic acids is 4. The Bertz CT molecular complexity index is 3450. The predicted molar refractivity (Wildman–Crippen MR) is 396 cm³/mol. The predicted octanol–water partition coefficient (Wildman–Crippen LogP) is 5.11. The normalized spacial score (nSPS) is 13.5. The lowest BCUT2D eigenvalue weighted by molar-refractivity contribution is -0.143. The summed E-state index contributed by atoms with van der Waals surface area (Å²) in [5, 5.41) is 56.4. The fraction of sp³-hybridized carbons (Fsp3) is 0.562. The van der Waals surface area contributed by atoms with Crippen molar-refractivity contribution in [2.75, 3.05) is 90.2 Å². The summed E-state index contributed by atoms with van der Waals surface area (Å²) >= 11 is 2.22. The van der Waals surface area contributed by atoms with Crippen LogP contribution in [0.2, 0.25) is 0 Å². The van der Waals surface area contributed by atoms with Crippen LogP contribution in [0.5, 0.6) is 0 Å². The summed E-state index contributed by atoms with van der Waals surface area (Å²) in [6.45, 7) is 3.87. The van der Waals surface area contributed by atoms with Gasteiger partial charge in [0, 0.05) is 91.7 Å². The maximum absolute atomic E-state index is 13.7. The summed E-state index contributed by atoms with van der Waals surface area (Å²) in [5.74, 6) is -4.07. The summed E-state index contributed by atoms with van der Waals surface area (Å²) in [6, 6.07) is 18.6. The van der Waals surface area contributed by atoms with Crippen LogP contribution in [0.1, 0.15) is 158 Å². The average molecular weight is 1620 g/mol. The molecular formula is C73H102IN8O23P. The number of carboxylic acid groups (broad SMARTS) is 4. The minimum atomic E-state index is -4.37. The molecule has 8 amide bonds. The van der Waals surface area contributed by atoms with Crippen molar-refractivity contribution in [3.8, 4) is 11.8 Å². The van der Waals surface area contributed by atoms with Crippen LogP contribution in [-0.4, -0.2) is 206 Å². The largest absolute Gasteiger partial charge is 0.481 e. The molecule has 0 aromatic heterocycles. The van der Waals surface area contributed by atoms with Crippen molar-refractivity contribution in [2.45, 2.75) is 172 Å². The third-order valence-electron chi connectivity index (χ3n) is 16.5. The first-order chi connectivity index (χ1) is 50.8. The highest BCUT2D eigenvalue weighted by molar-refractivity contribution is 14.1. The van der Waals surface area contributed by atoms with Gasteiger partial charge in [-0.25, -0.2) is 9.59 Å². The van der Waals surface area contributed by atoms with Crippen LogP contribution >= 0.6 is 30.2 Å². The number of nitrogens with zero attached hydrogens (tertiary/aromatic N) is 1. The molecular weight excluding hydrogens is 1510 g/mol. The summed E-state index contributed by atoms with van der Waals surface area (Å²) in [7, 11) is -4.37. The van der Waals surface area contributed by atoms with E-state index in [9.17, 15) is 82.3 Å². The van der Waals surface area contributed by atoms with Gasteiger partial charge >= 0.3 is 31.5 Å². The molecule has 1 aliphatic heterocycles. The molecule has 0 aliphatic carbocycles. The van der Waals surface area contributed by atoms with Crippen LogP contribution < -0.4 is 42.1 Å². The van der Waals surface area contributed by atoms with Crippen LogP contribution in [0.15, 0.2) is 72.8 Å². The Labute approximate surface area is 630 Å². The first-order valence-electron chi connectivity index (χ1n) is 35.7. The first kappa shape index (κ1) is 90.0. The van der Waals surface area contributed by atoms with Crippen LogP contribution in [0.25, 0.3) is 0 Å². The van der Waals surface area contributed by atoms with E-state index < -0.39 is 104 Å². The Kier molecular flexibility index (Phi) is 43.9. The fourth-order valence-electron chi connectivity index (χ4n) is 10.7. The third kappa shape index (κ3) is 39.8. The van der Waals surface area contributed by atoms with Gasteiger partial charge in [0.2, 0.25) is 47.3 Å². The third-order valence-corrected chi connectivity index (χ3v) is 18.7. The van der Waals surface area contributed by atoms with Crippen molar-refractivity contribution >= 4 is 107 Å². The molecule has 106 heavy (non-hydrogen) atoms. The van der Waals surface area contributed by atoms with Crippen LogP contribution in [0.3, 0.4) is 0 Å². The minimum absolute atomic E-state index is 0.00430. The van der Waals surface area contributed by atoms with Crippen molar-refractivity contribution < 1.29 is 111 Å². The standard InChI is InChI=1S/C73H102IN8O23P/c1-51(13-12-40-105-106(99,100)50-56(71(93)94)26-35-69(90)91)78-66(87)32-30-60(73(97)98)80-65(86)20-3-2-9-37-76-63(84)31-29-58(70(92)81-59(72(95)96)18-8-10-38-75-62(83)21-11-14-52-22-27-57(74)28-23-52)79-67(88)36-41-101-43-45-103-47-48-104-46-44-102-42-39-77-64(85)33-34-68(89)82-49-55-17-5-4-15-53(55)24-25-54-16-6-7-19-61(54)82/h4-7,15-17,19,22-23,27-28,51,56,58-60H,2-3,8-14,18,20-21,26,29-50H2,1H3,(H,75,83)(H,76,84)(H,77,85)(H,78,87)(H,79,88)(H,80,86)(H,81,92)(H,90,91)(H,93,94)(H,95,96)(H,97,98)(H,99,100)/t51-,56?,58?,59+,60+/m1/s1. The Balaban J connectivity index is 1.11. The second kappa shape index (κ2) is 51.7. The lowest BCUT2D eigenvalue weighted by Gasteiger charge is -2.26. The topological polar surface area (TPSA) is 457 Å². The zero-order valence-electron chi connectivity index (χ0n) is 59.9. The molecule has 0 saturated heterocycles. The Morgan fingerprint density at radius 2 is 1.02 bits per heavy atom. The van der Waals surface area contributed by atoms with Gasteiger partial charge in [-0.3, -0.25) is 52.5 Å². The number of halogens is 1. The van der Waals surface area contributed by atoms with E-state index in [0.29, 0.717) is 63.7 Å². The summed E-state index contributed by atoms with van der Waals surface area (Å²) in [6.07, 6.45) is 1.21. The van der Waals surface area contributed by atoms with E-state index in [2.05, 4.69) is 71.6 Å². The van der Waals surface area contributed by atoms with E-state index in [1.165, 1.54) is 0 Å². The molecule has 1 aliphatic rings. The van der Waals surface area contributed by atoms with Crippen molar-refractivity contribution in [3.63, 3.8) is 0 Å². The number of carboxylic acids is 4. The lowest BCUT2D eigenvalue weighted by atomic mass is 10.0. The molecule has 4 rings (SSSR count). The van der Waals surface area contributed by atoms with Gasteiger partial charge in [-0.1, -0.05) is 60.7 Å². The minimum Gasteiger partial charge on any atom is -0.481 e. The molecule has 0 bridgehead atoms. The highest BCUT2D eigenvalue weighted by atomic mass is 127. The summed E-state index contributed by atoms with van der Waals surface area (Å²) < 4.78 is 40.8. The SMILES string of the molecule is C[C@H](CCCOP(=O)(O)CC(CCC(=O)O)C(=O)O)NC(=O)CC[C@H](NC(=O)CCCCCNC(=O)CCC(NC(=O)CCOCCOCCOCCOCCNC(=O)CCC(=O)N1Cc2ccccc2C#Cc2ccccc21)C(=O)N[C@@H](CCCCNC(=O)CCCc1ccc(I)cc1)C(=O)O)C(=O)O. The molecule has 3 aromatic carbocycles. The number of rotatable bonds is 57. The van der Waals surface area contributed by atoms with Crippen molar-refractivity contribution in [3.05, 3.63) is 98.6 Å². The van der Waals surface area contributed by atoms with Gasteiger partial charge in [-0.05, 0) is 148 Å². The molecule has 1 heterocycles. The lowest BCUT2D eigenvalue weighted by Crippen LogP contribution is -2.52. The molecule has 0 saturated carbocycles. The summed E-state index contributed by atoms with van der Waals surface area (Å²) in [4.78, 5) is 162. The van der Waals surface area contributed by atoms with Gasteiger partial charge in [0.25, 0.3) is 0 Å². The summed E-state index contributed by atoms with van der Waals surface area (Å²) in [5.41, 5.74) is 4.32. The van der Waals surface area contributed by atoms with Crippen molar-refractivity contribution in [2.24, 2.45) is 5.92 Å². The molecule has 33 heteroatoms. The maximum Gasteiger partial charge on any atom is 0.328 e. The van der Waals surface area contributed by atoms with Crippen molar-refractivity contribution in [1.29, 1.82) is 0 Å². The molecule has 12 N–H and O–H groups in total. The van der Waals surface area contributed by atoms with Gasteiger partial charge in [0.1, 0.15) is 18.1 Å².